The van der Waals surface area contributed by atoms with Crippen molar-refractivity contribution in [3.63, 3.8) is 0 Å². The van der Waals surface area contributed by atoms with Gasteiger partial charge in [0.2, 0.25) is 0 Å². The molecule has 20 heavy (non-hydrogen) atoms. The van der Waals surface area contributed by atoms with Crippen LogP contribution in [0.25, 0.3) is 11.3 Å². The molecule has 0 saturated carbocycles. The maximum atomic E-state index is 12.9. The molecule has 0 aliphatic carbocycles. The molecular formula is C15H17FN2O2. The molecule has 2 aromatic rings. The molecule has 106 valence electrons. The summed E-state index contributed by atoms with van der Waals surface area (Å²) >= 11 is 0. The maximum absolute atomic E-state index is 12.9. The van der Waals surface area contributed by atoms with Crippen molar-refractivity contribution in [1.82, 2.24) is 10.3 Å². The van der Waals surface area contributed by atoms with E-state index in [2.05, 4.69) is 10.3 Å². The molecule has 0 radical (unpaired) electrons. The molecule has 1 heterocycles. The van der Waals surface area contributed by atoms with Crippen LogP contribution in [0.2, 0.25) is 0 Å². The van der Waals surface area contributed by atoms with E-state index in [0.29, 0.717) is 18.7 Å². The van der Waals surface area contributed by atoms with Crippen molar-refractivity contribution in [2.24, 2.45) is 0 Å². The van der Waals surface area contributed by atoms with E-state index in [0.717, 1.165) is 17.0 Å². The van der Waals surface area contributed by atoms with Gasteiger partial charge in [0.05, 0.1) is 12.2 Å². The van der Waals surface area contributed by atoms with Gasteiger partial charge in [-0.3, -0.25) is 4.79 Å². The minimum Gasteiger partial charge on any atom is -0.383 e. The molecule has 5 heteroatoms. The van der Waals surface area contributed by atoms with Crippen molar-refractivity contribution in [3.8, 4) is 11.3 Å². The summed E-state index contributed by atoms with van der Waals surface area (Å²) < 4.78 is 17.8. The first-order valence-electron chi connectivity index (χ1n) is 6.34. The molecule has 1 aromatic carbocycles. The summed E-state index contributed by atoms with van der Waals surface area (Å²) in [4.78, 5) is 15.1. The summed E-state index contributed by atoms with van der Waals surface area (Å²) in [6.45, 7) is 2.77. The van der Waals surface area contributed by atoms with Crippen molar-refractivity contribution < 1.29 is 13.9 Å². The zero-order valence-electron chi connectivity index (χ0n) is 11.5. The van der Waals surface area contributed by atoms with Crippen LogP contribution in [-0.4, -0.2) is 31.2 Å². The number of benzene rings is 1. The SMILES string of the molecule is COCCNC(=O)c1cc(-c2ccc(F)cc2)[nH]c1C. The average Bonchev–Trinajstić information content (AvgIpc) is 2.82. The van der Waals surface area contributed by atoms with Gasteiger partial charge in [-0.2, -0.15) is 0 Å². The van der Waals surface area contributed by atoms with E-state index in [1.807, 2.05) is 6.92 Å². The number of methoxy groups -OCH3 is 1. The van der Waals surface area contributed by atoms with E-state index < -0.39 is 0 Å². The van der Waals surface area contributed by atoms with Crippen LogP contribution < -0.4 is 5.32 Å². The lowest BCUT2D eigenvalue weighted by atomic mass is 10.1. The number of H-pyrrole nitrogens is 1. The van der Waals surface area contributed by atoms with Crippen molar-refractivity contribution in [1.29, 1.82) is 0 Å². The van der Waals surface area contributed by atoms with E-state index >= 15 is 0 Å². The fourth-order valence-corrected chi connectivity index (χ4v) is 1.94. The fraction of sp³-hybridized carbons (Fsp3) is 0.267. The number of aromatic amines is 1. The third-order valence-electron chi connectivity index (χ3n) is 3.01. The topological polar surface area (TPSA) is 54.1 Å². The Morgan fingerprint density at radius 1 is 1.35 bits per heavy atom. The molecule has 1 amide bonds. The first-order valence-corrected chi connectivity index (χ1v) is 6.34. The number of aryl methyl sites for hydroxylation is 1. The molecule has 0 bridgehead atoms. The number of amides is 1. The standard InChI is InChI=1S/C15H17FN2O2/c1-10-13(15(19)17-7-8-20-2)9-14(18-10)11-3-5-12(16)6-4-11/h3-6,9,18H,7-8H2,1-2H3,(H,17,19). The van der Waals surface area contributed by atoms with Gasteiger partial charge in [-0.1, -0.05) is 0 Å². The first kappa shape index (κ1) is 14.3. The Kier molecular flexibility index (Phi) is 4.53. The monoisotopic (exact) mass is 276 g/mol. The van der Waals surface area contributed by atoms with Crippen molar-refractivity contribution in [3.05, 3.63) is 47.4 Å². The number of ether oxygens (including phenoxy) is 1. The second-order valence-electron chi connectivity index (χ2n) is 4.48. The zero-order valence-corrected chi connectivity index (χ0v) is 11.5. The summed E-state index contributed by atoms with van der Waals surface area (Å²) in [5.74, 6) is -0.432. The highest BCUT2D eigenvalue weighted by Crippen LogP contribution is 2.22. The Balaban J connectivity index is 2.16. The summed E-state index contributed by atoms with van der Waals surface area (Å²) in [7, 11) is 1.58. The Bertz CT molecular complexity index is 590. The molecule has 0 saturated heterocycles. The second-order valence-corrected chi connectivity index (χ2v) is 4.48. The smallest absolute Gasteiger partial charge is 0.253 e. The van der Waals surface area contributed by atoms with Crippen LogP contribution in [-0.2, 0) is 4.74 Å². The Hall–Kier alpha value is -2.14. The number of nitrogens with one attached hydrogen (secondary N) is 2. The van der Waals surface area contributed by atoms with E-state index in [1.54, 1.807) is 25.3 Å². The number of halogens is 1. The number of aromatic nitrogens is 1. The van der Waals surface area contributed by atoms with Gasteiger partial charge in [0.15, 0.2) is 0 Å². The van der Waals surface area contributed by atoms with Crippen molar-refractivity contribution >= 4 is 5.91 Å². The highest BCUT2D eigenvalue weighted by atomic mass is 19.1. The highest BCUT2D eigenvalue weighted by Gasteiger charge is 2.13. The summed E-state index contributed by atoms with van der Waals surface area (Å²) in [6, 6.07) is 7.90. The number of rotatable bonds is 5. The van der Waals surface area contributed by atoms with Gasteiger partial charge < -0.3 is 15.0 Å². The number of hydrogen-bond acceptors (Lipinski definition) is 2. The molecule has 1 aromatic heterocycles. The predicted octanol–water partition coefficient (Wildman–Crippen LogP) is 2.51. The molecular weight excluding hydrogens is 259 g/mol. The van der Waals surface area contributed by atoms with Crippen molar-refractivity contribution in [2.75, 3.05) is 20.3 Å². The molecule has 0 spiro atoms. The van der Waals surface area contributed by atoms with Crippen molar-refractivity contribution in [2.45, 2.75) is 6.92 Å². The third kappa shape index (κ3) is 3.24. The van der Waals surface area contributed by atoms with Crippen LogP contribution in [0.5, 0.6) is 0 Å². The van der Waals surface area contributed by atoms with E-state index in [1.165, 1.54) is 12.1 Å². The Morgan fingerprint density at radius 2 is 2.05 bits per heavy atom. The molecule has 0 aliphatic rings. The van der Waals surface area contributed by atoms with Gasteiger partial charge >= 0.3 is 0 Å². The number of hydrogen-bond donors (Lipinski definition) is 2. The minimum atomic E-state index is -0.283. The Morgan fingerprint density at radius 3 is 2.70 bits per heavy atom. The van der Waals surface area contributed by atoms with Gasteiger partial charge in [0, 0.05) is 25.0 Å². The normalized spacial score (nSPS) is 10.6. The first-order chi connectivity index (χ1) is 9.61. The predicted molar refractivity (Wildman–Crippen MR) is 75.1 cm³/mol. The van der Waals surface area contributed by atoms with Crippen LogP contribution in [0.1, 0.15) is 16.1 Å². The lowest BCUT2D eigenvalue weighted by Gasteiger charge is -2.03. The number of carbonyl (C=O) groups is 1. The average molecular weight is 276 g/mol. The highest BCUT2D eigenvalue weighted by molar-refractivity contribution is 5.96. The van der Waals surface area contributed by atoms with E-state index in [-0.39, 0.29) is 11.7 Å². The molecule has 0 aliphatic heterocycles. The van der Waals surface area contributed by atoms with Crippen LogP contribution in [0.3, 0.4) is 0 Å². The minimum absolute atomic E-state index is 0.149. The van der Waals surface area contributed by atoms with Crippen LogP contribution >= 0.6 is 0 Å². The molecule has 0 unspecified atom stereocenters. The van der Waals surface area contributed by atoms with Crippen LogP contribution in [0, 0.1) is 12.7 Å². The summed E-state index contributed by atoms with van der Waals surface area (Å²) in [5, 5.41) is 2.77. The largest absolute Gasteiger partial charge is 0.383 e. The van der Waals surface area contributed by atoms with Gasteiger partial charge in [-0.25, -0.2) is 4.39 Å². The van der Waals surface area contributed by atoms with Gasteiger partial charge in [-0.05, 0) is 42.8 Å². The molecule has 0 atom stereocenters. The van der Waals surface area contributed by atoms with E-state index in [9.17, 15) is 9.18 Å². The van der Waals surface area contributed by atoms with Crippen LogP contribution in [0.15, 0.2) is 30.3 Å². The lowest BCUT2D eigenvalue weighted by molar-refractivity contribution is 0.0936. The quantitative estimate of drug-likeness (QED) is 0.824. The van der Waals surface area contributed by atoms with Gasteiger partial charge in [0.1, 0.15) is 5.82 Å². The Labute approximate surface area is 117 Å². The molecule has 4 nitrogen and oxygen atoms in total. The van der Waals surface area contributed by atoms with Gasteiger partial charge in [0.25, 0.3) is 5.91 Å². The summed E-state index contributed by atoms with van der Waals surface area (Å²) in [5.41, 5.74) is 2.99. The second kappa shape index (κ2) is 6.34. The maximum Gasteiger partial charge on any atom is 0.253 e. The van der Waals surface area contributed by atoms with Gasteiger partial charge in [-0.15, -0.1) is 0 Å². The zero-order chi connectivity index (χ0) is 14.5. The van der Waals surface area contributed by atoms with E-state index in [4.69, 9.17) is 4.74 Å². The lowest BCUT2D eigenvalue weighted by Crippen LogP contribution is -2.27. The fourth-order valence-electron chi connectivity index (χ4n) is 1.94. The third-order valence-corrected chi connectivity index (χ3v) is 3.01. The summed E-state index contributed by atoms with van der Waals surface area (Å²) in [6.07, 6.45) is 0. The molecule has 2 N–H and O–H groups in total. The van der Waals surface area contributed by atoms with Crippen LogP contribution in [0.4, 0.5) is 4.39 Å². The molecule has 2 rings (SSSR count). The molecule has 0 fully saturated rings. The number of carbonyl (C=O) groups excluding carboxylic acids is 1.